The van der Waals surface area contributed by atoms with Gasteiger partial charge in [0.25, 0.3) is 0 Å². The maximum Gasteiger partial charge on any atom is 0.0709 e. The van der Waals surface area contributed by atoms with E-state index in [0.717, 1.165) is 17.6 Å². The number of nitrogens with zero attached hydrogens (tertiary/aromatic N) is 1. The summed E-state index contributed by atoms with van der Waals surface area (Å²) in [6, 6.07) is 12.6. The quantitative estimate of drug-likeness (QED) is 0.697. The van der Waals surface area contributed by atoms with Crippen LogP contribution in [0.3, 0.4) is 0 Å². The number of allylic oxidation sites excluding steroid dienone is 4. The van der Waals surface area contributed by atoms with Crippen molar-refractivity contribution in [1.82, 2.24) is 4.98 Å². The van der Waals surface area contributed by atoms with E-state index in [1.165, 1.54) is 23.8 Å². The Hall–Kier alpha value is -1.89. The van der Waals surface area contributed by atoms with Gasteiger partial charge in [0, 0.05) is 5.39 Å². The maximum atomic E-state index is 4.74. The van der Waals surface area contributed by atoms with Crippen LogP contribution in [0.1, 0.15) is 25.0 Å². The molecule has 0 amide bonds. The number of pyridine rings is 1. The Morgan fingerprint density at radius 3 is 2.94 bits per heavy atom. The predicted molar refractivity (Wildman–Crippen MR) is 72.7 cm³/mol. The molecule has 0 spiro atoms. The first-order chi connectivity index (χ1) is 8.43. The Kier molecular flexibility index (Phi) is 2.74. The molecule has 0 radical (unpaired) electrons. The van der Waals surface area contributed by atoms with Gasteiger partial charge in [-0.1, -0.05) is 42.5 Å². The van der Waals surface area contributed by atoms with Gasteiger partial charge >= 0.3 is 0 Å². The summed E-state index contributed by atoms with van der Waals surface area (Å²) >= 11 is 0. The largest absolute Gasteiger partial charge is 0.248 e. The first-order valence-electron chi connectivity index (χ1n) is 6.15. The van der Waals surface area contributed by atoms with Crippen LogP contribution < -0.4 is 0 Å². The Morgan fingerprint density at radius 1 is 1.00 bits per heavy atom. The number of aromatic nitrogens is 1. The van der Waals surface area contributed by atoms with Crippen LogP contribution in [-0.4, -0.2) is 4.98 Å². The summed E-state index contributed by atoms with van der Waals surface area (Å²) in [5.74, 6) is 0. The number of benzene rings is 1. The zero-order valence-corrected chi connectivity index (χ0v) is 9.76. The average Bonchev–Trinajstić information content (AvgIpc) is 2.67. The second kappa shape index (κ2) is 4.54. The maximum absolute atomic E-state index is 4.74. The second-order valence-electron chi connectivity index (χ2n) is 4.40. The molecule has 1 aliphatic rings. The highest BCUT2D eigenvalue weighted by Crippen LogP contribution is 2.23. The van der Waals surface area contributed by atoms with E-state index in [0.29, 0.717) is 0 Å². The number of fused-ring (bicyclic) bond motifs is 1. The minimum Gasteiger partial charge on any atom is -0.248 e. The van der Waals surface area contributed by atoms with E-state index in [2.05, 4.69) is 48.6 Å². The van der Waals surface area contributed by atoms with Crippen LogP contribution >= 0.6 is 0 Å². The molecule has 84 valence electrons. The van der Waals surface area contributed by atoms with Gasteiger partial charge < -0.3 is 0 Å². The second-order valence-corrected chi connectivity index (χ2v) is 4.40. The Labute approximate surface area is 102 Å². The molecule has 0 saturated carbocycles. The van der Waals surface area contributed by atoms with Crippen molar-refractivity contribution in [1.29, 1.82) is 0 Å². The SMILES string of the molecule is C1=CCCCC(c2ccc3ccccc3n2)=C1. The predicted octanol–water partition coefficient (Wildman–Crippen LogP) is 4.36. The van der Waals surface area contributed by atoms with E-state index in [9.17, 15) is 0 Å². The van der Waals surface area contributed by atoms with E-state index in [1.54, 1.807) is 0 Å². The number of rotatable bonds is 1. The third kappa shape index (κ3) is 2.14. The third-order valence-corrected chi connectivity index (χ3v) is 3.18. The van der Waals surface area contributed by atoms with E-state index < -0.39 is 0 Å². The van der Waals surface area contributed by atoms with Gasteiger partial charge in [-0.2, -0.15) is 0 Å². The minimum atomic E-state index is 1.08. The van der Waals surface area contributed by atoms with Crippen LogP contribution in [0.4, 0.5) is 0 Å². The van der Waals surface area contributed by atoms with Crippen molar-refractivity contribution in [2.24, 2.45) is 0 Å². The normalized spacial score (nSPS) is 15.6. The highest BCUT2D eigenvalue weighted by atomic mass is 14.7. The van der Waals surface area contributed by atoms with Crippen molar-refractivity contribution in [2.75, 3.05) is 0 Å². The van der Waals surface area contributed by atoms with Crippen molar-refractivity contribution >= 4 is 16.5 Å². The van der Waals surface area contributed by atoms with Crippen molar-refractivity contribution in [3.8, 4) is 0 Å². The van der Waals surface area contributed by atoms with Crippen molar-refractivity contribution in [2.45, 2.75) is 19.3 Å². The van der Waals surface area contributed by atoms with Gasteiger partial charge in [-0.15, -0.1) is 0 Å². The number of para-hydroxylation sites is 1. The molecule has 0 N–H and O–H groups in total. The van der Waals surface area contributed by atoms with E-state index in [-0.39, 0.29) is 0 Å². The molecule has 0 unspecified atom stereocenters. The highest BCUT2D eigenvalue weighted by Gasteiger charge is 2.05. The summed E-state index contributed by atoms with van der Waals surface area (Å²) in [4.78, 5) is 4.74. The standard InChI is InChI=1S/C16H15N/c1-2-4-8-13(7-3-1)16-12-11-14-9-5-6-10-15(14)17-16/h1,3,5-7,9-12H,2,4,8H2. The van der Waals surface area contributed by atoms with Crippen LogP contribution in [0.25, 0.3) is 16.5 Å². The van der Waals surface area contributed by atoms with Gasteiger partial charge in [0.2, 0.25) is 0 Å². The van der Waals surface area contributed by atoms with E-state index in [4.69, 9.17) is 4.98 Å². The lowest BCUT2D eigenvalue weighted by Crippen LogP contribution is -1.90. The fourth-order valence-corrected chi connectivity index (χ4v) is 2.23. The lowest BCUT2D eigenvalue weighted by Gasteiger charge is -2.06. The highest BCUT2D eigenvalue weighted by molar-refractivity contribution is 5.81. The molecule has 0 saturated heterocycles. The van der Waals surface area contributed by atoms with E-state index >= 15 is 0 Å². The van der Waals surface area contributed by atoms with Gasteiger partial charge in [0.15, 0.2) is 0 Å². The lowest BCUT2D eigenvalue weighted by atomic mass is 10.1. The zero-order chi connectivity index (χ0) is 11.5. The molecule has 1 aromatic heterocycles. The molecule has 0 aliphatic heterocycles. The van der Waals surface area contributed by atoms with Crippen LogP contribution in [0, 0.1) is 0 Å². The smallest absolute Gasteiger partial charge is 0.0709 e. The average molecular weight is 221 g/mol. The van der Waals surface area contributed by atoms with Gasteiger partial charge in [-0.3, -0.25) is 0 Å². The fourth-order valence-electron chi connectivity index (χ4n) is 2.23. The molecule has 2 aromatic rings. The number of hydrogen-bond acceptors (Lipinski definition) is 1. The zero-order valence-electron chi connectivity index (χ0n) is 9.76. The molecule has 1 aromatic carbocycles. The summed E-state index contributed by atoms with van der Waals surface area (Å²) in [5.41, 5.74) is 3.55. The monoisotopic (exact) mass is 221 g/mol. The molecule has 17 heavy (non-hydrogen) atoms. The van der Waals surface area contributed by atoms with Gasteiger partial charge in [-0.25, -0.2) is 4.98 Å². The van der Waals surface area contributed by atoms with Crippen LogP contribution in [-0.2, 0) is 0 Å². The van der Waals surface area contributed by atoms with E-state index in [1.807, 2.05) is 6.07 Å². The molecular formula is C16H15N. The Balaban J connectivity index is 2.05. The molecule has 1 heteroatoms. The first kappa shape index (κ1) is 10.3. The van der Waals surface area contributed by atoms with Crippen LogP contribution in [0.2, 0.25) is 0 Å². The van der Waals surface area contributed by atoms with Crippen molar-refractivity contribution in [3.63, 3.8) is 0 Å². The molecular weight excluding hydrogens is 206 g/mol. The molecule has 3 rings (SSSR count). The van der Waals surface area contributed by atoms with Crippen LogP contribution in [0.15, 0.2) is 54.6 Å². The molecule has 1 nitrogen and oxygen atoms in total. The summed E-state index contributed by atoms with van der Waals surface area (Å²) in [5, 5.41) is 1.21. The molecule has 0 fully saturated rings. The minimum absolute atomic E-state index is 1.08. The van der Waals surface area contributed by atoms with Gasteiger partial charge in [-0.05, 0) is 37.0 Å². The summed E-state index contributed by atoms with van der Waals surface area (Å²) < 4.78 is 0. The van der Waals surface area contributed by atoms with Gasteiger partial charge in [0.05, 0.1) is 11.2 Å². The number of hydrogen-bond donors (Lipinski definition) is 0. The van der Waals surface area contributed by atoms with Crippen molar-refractivity contribution < 1.29 is 0 Å². The summed E-state index contributed by atoms with van der Waals surface area (Å²) in [7, 11) is 0. The Morgan fingerprint density at radius 2 is 1.94 bits per heavy atom. The lowest BCUT2D eigenvalue weighted by molar-refractivity contribution is 0.883. The van der Waals surface area contributed by atoms with Crippen molar-refractivity contribution in [3.05, 3.63) is 60.3 Å². The first-order valence-corrected chi connectivity index (χ1v) is 6.15. The summed E-state index contributed by atoms with van der Waals surface area (Å²) in [6.45, 7) is 0. The van der Waals surface area contributed by atoms with Gasteiger partial charge in [0.1, 0.15) is 0 Å². The fraction of sp³-hybridized carbons (Fsp3) is 0.188. The molecule has 0 atom stereocenters. The third-order valence-electron chi connectivity index (χ3n) is 3.18. The summed E-state index contributed by atoms with van der Waals surface area (Å²) in [6.07, 6.45) is 10.1. The molecule has 1 heterocycles. The molecule has 0 bridgehead atoms. The van der Waals surface area contributed by atoms with Crippen LogP contribution in [0.5, 0.6) is 0 Å². The molecule has 1 aliphatic carbocycles. The Bertz CT molecular complexity index is 593. The topological polar surface area (TPSA) is 12.9 Å².